The van der Waals surface area contributed by atoms with E-state index < -0.39 is 0 Å². The minimum atomic E-state index is 0.957. The van der Waals surface area contributed by atoms with Gasteiger partial charge in [0.2, 0.25) is 0 Å². The van der Waals surface area contributed by atoms with Crippen molar-refractivity contribution in [1.82, 2.24) is 19.1 Å². The summed E-state index contributed by atoms with van der Waals surface area (Å²) in [6.45, 7) is 0. The fourth-order valence-corrected chi connectivity index (χ4v) is 4.91. The molecule has 0 aliphatic rings. The highest BCUT2D eigenvalue weighted by Crippen LogP contribution is 2.40. The third-order valence-electron chi connectivity index (χ3n) is 6.20. The van der Waals surface area contributed by atoms with Crippen LogP contribution in [0.2, 0.25) is 0 Å². The molecule has 150 valence electrons. The van der Waals surface area contributed by atoms with Gasteiger partial charge in [0.25, 0.3) is 0 Å². The third-order valence-corrected chi connectivity index (χ3v) is 6.20. The normalized spacial score (nSPS) is 11.8. The Hall–Kier alpha value is -4.44. The zero-order chi connectivity index (χ0) is 21.1. The Labute approximate surface area is 184 Å². The molecule has 0 saturated carbocycles. The Bertz CT molecular complexity index is 1630. The van der Waals surface area contributed by atoms with Crippen LogP contribution in [-0.4, -0.2) is 19.1 Å². The summed E-state index contributed by atoms with van der Waals surface area (Å²) in [5.41, 5.74) is 6.39. The van der Waals surface area contributed by atoms with Crippen LogP contribution in [0.25, 0.3) is 55.2 Å². The van der Waals surface area contributed by atoms with E-state index >= 15 is 0 Å². The first kappa shape index (κ1) is 17.3. The summed E-state index contributed by atoms with van der Waals surface area (Å²) < 4.78 is 4.57. The van der Waals surface area contributed by atoms with E-state index in [4.69, 9.17) is 9.97 Å². The van der Waals surface area contributed by atoms with Crippen molar-refractivity contribution in [3.63, 3.8) is 0 Å². The lowest BCUT2D eigenvalue weighted by molar-refractivity contribution is 1.11. The first-order valence-electron chi connectivity index (χ1n) is 10.7. The molecule has 7 aromatic rings. The number of benzene rings is 3. The largest absolute Gasteiger partial charge is 0.292 e. The van der Waals surface area contributed by atoms with E-state index in [-0.39, 0.29) is 0 Å². The van der Waals surface area contributed by atoms with Crippen LogP contribution in [0.5, 0.6) is 0 Å². The van der Waals surface area contributed by atoms with Crippen molar-refractivity contribution < 1.29 is 0 Å². The lowest BCUT2D eigenvalue weighted by Gasteiger charge is -2.11. The molecule has 0 aliphatic heterocycles. The number of nitrogens with zero attached hydrogens (tertiary/aromatic N) is 4. The Morgan fingerprint density at radius 3 is 1.28 bits per heavy atom. The second-order valence-corrected chi connectivity index (χ2v) is 7.95. The standard InChI is InChI=1S/C28H18N4/c1-3-9-19(10-4-1)31-25-21(23-13-7-17-29-27(23)31)15-16-22-24-14-8-18-30-28(24)32(26(22)25)20-11-5-2-6-12-20/h1-18H. The number of para-hydroxylation sites is 2. The molecule has 7 rings (SSSR count). The average molecular weight is 410 g/mol. The molecule has 0 N–H and O–H groups in total. The van der Waals surface area contributed by atoms with Gasteiger partial charge in [-0.2, -0.15) is 0 Å². The van der Waals surface area contributed by atoms with Crippen molar-refractivity contribution in [2.24, 2.45) is 0 Å². The predicted octanol–water partition coefficient (Wildman–Crippen LogP) is 6.67. The molecule has 4 nitrogen and oxygen atoms in total. The molecular weight excluding hydrogens is 392 g/mol. The van der Waals surface area contributed by atoms with Crippen molar-refractivity contribution in [1.29, 1.82) is 0 Å². The van der Waals surface area contributed by atoms with Gasteiger partial charge >= 0.3 is 0 Å². The number of hydrogen-bond acceptors (Lipinski definition) is 2. The summed E-state index contributed by atoms with van der Waals surface area (Å²) in [6, 6.07) is 33.7. The maximum Gasteiger partial charge on any atom is 0.145 e. The monoisotopic (exact) mass is 410 g/mol. The Morgan fingerprint density at radius 1 is 0.406 bits per heavy atom. The predicted molar refractivity (Wildman–Crippen MR) is 131 cm³/mol. The molecule has 4 heteroatoms. The second-order valence-electron chi connectivity index (χ2n) is 7.95. The molecule has 0 aliphatic carbocycles. The van der Waals surface area contributed by atoms with Crippen LogP contribution in [0.4, 0.5) is 0 Å². The molecule has 0 spiro atoms. The van der Waals surface area contributed by atoms with Crippen LogP contribution in [0, 0.1) is 0 Å². The highest BCUT2D eigenvalue weighted by Gasteiger charge is 2.21. The lowest BCUT2D eigenvalue weighted by atomic mass is 10.1. The van der Waals surface area contributed by atoms with Crippen LogP contribution in [0.3, 0.4) is 0 Å². The van der Waals surface area contributed by atoms with Crippen LogP contribution in [0.1, 0.15) is 0 Å². The number of fused-ring (bicyclic) bond motifs is 7. The zero-order valence-corrected chi connectivity index (χ0v) is 17.2. The van der Waals surface area contributed by atoms with Crippen molar-refractivity contribution in [2.75, 3.05) is 0 Å². The summed E-state index contributed by atoms with van der Waals surface area (Å²) in [4.78, 5) is 9.59. The van der Waals surface area contributed by atoms with Crippen LogP contribution in [0.15, 0.2) is 109 Å². The molecule has 32 heavy (non-hydrogen) atoms. The minimum Gasteiger partial charge on any atom is -0.292 e. The quantitative estimate of drug-likeness (QED) is 0.319. The Balaban J connectivity index is 1.81. The molecule has 4 aromatic heterocycles. The van der Waals surface area contributed by atoms with E-state index in [9.17, 15) is 0 Å². The molecule has 0 atom stereocenters. The van der Waals surface area contributed by atoms with Gasteiger partial charge in [0, 0.05) is 45.3 Å². The van der Waals surface area contributed by atoms with Gasteiger partial charge in [-0.1, -0.05) is 48.5 Å². The van der Waals surface area contributed by atoms with Crippen LogP contribution in [-0.2, 0) is 0 Å². The number of aromatic nitrogens is 4. The van der Waals surface area contributed by atoms with E-state index in [0.717, 1.165) is 44.5 Å². The zero-order valence-electron chi connectivity index (χ0n) is 17.2. The lowest BCUT2D eigenvalue weighted by Crippen LogP contribution is -1.99. The maximum atomic E-state index is 4.80. The van der Waals surface area contributed by atoms with Crippen LogP contribution >= 0.6 is 0 Å². The van der Waals surface area contributed by atoms with E-state index in [1.165, 1.54) is 10.8 Å². The van der Waals surface area contributed by atoms with E-state index in [2.05, 4.69) is 81.9 Å². The van der Waals surface area contributed by atoms with Gasteiger partial charge in [0.05, 0.1) is 11.0 Å². The SMILES string of the molecule is c1ccc(-n2c3ncccc3c3ccc4c5cccnc5n(-c5ccccc5)c4c32)cc1. The van der Waals surface area contributed by atoms with Crippen molar-refractivity contribution in [2.45, 2.75) is 0 Å². The van der Waals surface area contributed by atoms with Gasteiger partial charge in [-0.05, 0) is 48.5 Å². The first-order chi connectivity index (χ1) is 15.9. The topological polar surface area (TPSA) is 35.6 Å². The fraction of sp³-hybridized carbons (Fsp3) is 0. The van der Waals surface area contributed by atoms with E-state index in [1.54, 1.807) is 0 Å². The number of hydrogen-bond donors (Lipinski definition) is 0. The molecule has 0 fully saturated rings. The summed E-state index contributed by atoms with van der Waals surface area (Å²) in [5, 5.41) is 4.66. The summed E-state index contributed by atoms with van der Waals surface area (Å²) in [5.74, 6) is 0. The van der Waals surface area contributed by atoms with Crippen LogP contribution < -0.4 is 0 Å². The molecule has 3 aromatic carbocycles. The number of rotatable bonds is 2. The minimum absolute atomic E-state index is 0.957. The molecular formula is C28H18N4. The van der Waals surface area contributed by atoms with Gasteiger partial charge in [0.1, 0.15) is 11.3 Å². The molecule has 0 saturated heterocycles. The molecule has 0 bridgehead atoms. The average Bonchev–Trinajstić information content (AvgIpc) is 3.38. The van der Waals surface area contributed by atoms with Crippen molar-refractivity contribution in [3.05, 3.63) is 109 Å². The summed E-state index contributed by atoms with van der Waals surface area (Å²) >= 11 is 0. The van der Waals surface area contributed by atoms with Crippen molar-refractivity contribution >= 4 is 43.9 Å². The van der Waals surface area contributed by atoms with E-state index in [1.807, 2.05) is 36.7 Å². The molecule has 0 unspecified atom stereocenters. The highest BCUT2D eigenvalue weighted by molar-refractivity contribution is 6.22. The second kappa shape index (κ2) is 6.53. The third kappa shape index (κ3) is 2.26. The van der Waals surface area contributed by atoms with Gasteiger partial charge < -0.3 is 0 Å². The Kier molecular flexibility index (Phi) is 3.52. The van der Waals surface area contributed by atoms with Crippen molar-refractivity contribution in [3.8, 4) is 11.4 Å². The smallest absolute Gasteiger partial charge is 0.145 e. The summed E-state index contributed by atoms with van der Waals surface area (Å²) in [6.07, 6.45) is 3.73. The summed E-state index contributed by atoms with van der Waals surface area (Å²) in [7, 11) is 0. The van der Waals surface area contributed by atoms with Gasteiger partial charge in [-0.15, -0.1) is 0 Å². The highest BCUT2D eigenvalue weighted by atomic mass is 15.1. The van der Waals surface area contributed by atoms with Gasteiger partial charge in [0.15, 0.2) is 0 Å². The molecule has 0 radical (unpaired) electrons. The number of pyridine rings is 2. The van der Waals surface area contributed by atoms with E-state index in [0.29, 0.717) is 0 Å². The molecule has 0 amide bonds. The first-order valence-corrected chi connectivity index (χ1v) is 10.7. The molecule has 4 heterocycles. The Morgan fingerprint density at radius 2 is 0.844 bits per heavy atom. The fourth-order valence-electron chi connectivity index (χ4n) is 4.91. The van der Waals surface area contributed by atoms with Gasteiger partial charge in [-0.3, -0.25) is 9.13 Å². The maximum absolute atomic E-state index is 4.80. The van der Waals surface area contributed by atoms with Gasteiger partial charge in [-0.25, -0.2) is 9.97 Å².